The van der Waals surface area contributed by atoms with Crippen LogP contribution in [0.3, 0.4) is 0 Å². The van der Waals surface area contributed by atoms with Gasteiger partial charge in [0.25, 0.3) is 0 Å². The largest absolute Gasteiger partial charge is 0.353 e. The van der Waals surface area contributed by atoms with Gasteiger partial charge in [0.15, 0.2) is 0 Å². The van der Waals surface area contributed by atoms with Crippen LogP contribution in [0.5, 0.6) is 0 Å². The maximum absolute atomic E-state index is 12.1. The molecule has 1 aromatic rings. The zero-order chi connectivity index (χ0) is 13.8. The number of nitrogens with one attached hydrogen (secondary N) is 1. The molecule has 5 heteroatoms. The van der Waals surface area contributed by atoms with E-state index in [9.17, 15) is 9.00 Å². The van der Waals surface area contributed by atoms with Crippen molar-refractivity contribution in [3.63, 3.8) is 0 Å². The Morgan fingerprint density at radius 3 is 2.50 bits per heavy atom. The highest BCUT2D eigenvalue weighted by molar-refractivity contribution is 7.84. The van der Waals surface area contributed by atoms with E-state index in [1.54, 1.807) is 13.2 Å². The van der Waals surface area contributed by atoms with Gasteiger partial charge >= 0.3 is 0 Å². The number of nitrogens with two attached hydrogens (primary N) is 1. The van der Waals surface area contributed by atoms with Gasteiger partial charge in [-0.2, -0.15) is 0 Å². The van der Waals surface area contributed by atoms with E-state index < -0.39 is 16.3 Å². The van der Waals surface area contributed by atoms with Gasteiger partial charge in [0.1, 0.15) is 5.54 Å². The van der Waals surface area contributed by atoms with Gasteiger partial charge in [-0.05, 0) is 19.4 Å². The quantitative estimate of drug-likeness (QED) is 0.827. The van der Waals surface area contributed by atoms with Crippen molar-refractivity contribution in [1.82, 2.24) is 5.32 Å². The van der Waals surface area contributed by atoms with Crippen molar-refractivity contribution in [2.45, 2.75) is 24.6 Å². The van der Waals surface area contributed by atoms with Gasteiger partial charge in [0, 0.05) is 28.9 Å². The molecule has 0 saturated carbocycles. The zero-order valence-corrected chi connectivity index (χ0v) is 11.8. The molecule has 0 radical (unpaired) electrons. The lowest BCUT2D eigenvalue weighted by atomic mass is 9.92. The summed E-state index contributed by atoms with van der Waals surface area (Å²) in [5.41, 5.74) is 5.74. The van der Waals surface area contributed by atoms with Crippen LogP contribution in [0.25, 0.3) is 0 Å². The minimum Gasteiger partial charge on any atom is -0.353 e. The molecular weight excluding hydrogens is 248 g/mol. The fourth-order valence-electron chi connectivity index (χ4n) is 1.45. The van der Waals surface area contributed by atoms with Crippen LogP contribution >= 0.6 is 0 Å². The summed E-state index contributed by atoms with van der Waals surface area (Å²) in [6, 6.07) is 9.21. The Morgan fingerprint density at radius 1 is 1.44 bits per heavy atom. The summed E-state index contributed by atoms with van der Waals surface area (Å²) in [7, 11) is -0.954. The SMILES string of the molecule is CC(CNC(=O)C(C)(N)c1ccccc1)S(C)=O. The highest BCUT2D eigenvalue weighted by Gasteiger charge is 2.30. The lowest BCUT2D eigenvalue weighted by molar-refractivity contribution is -0.126. The highest BCUT2D eigenvalue weighted by atomic mass is 32.2. The molecule has 0 aliphatic heterocycles. The Kier molecular flexibility index (Phi) is 5.04. The van der Waals surface area contributed by atoms with Crippen LogP contribution < -0.4 is 11.1 Å². The van der Waals surface area contributed by atoms with Crippen molar-refractivity contribution in [3.05, 3.63) is 35.9 Å². The molecule has 100 valence electrons. The Labute approximate surface area is 110 Å². The minimum absolute atomic E-state index is 0.0828. The van der Waals surface area contributed by atoms with Gasteiger partial charge in [0.2, 0.25) is 5.91 Å². The first-order valence-electron chi connectivity index (χ1n) is 5.80. The van der Waals surface area contributed by atoms with Gasteiger partial charge in [-0.3, -0.25) is 9.00 Å². The van der Waals surface area contributed by atoms with Crippen LogP contribution in [0.15, 0.2) is 30.3 Å². The molecule has 1 rings (SSSR count). The Hall–Kier alpha value is -1.20. The summed E-state index contributed by atoms with van der Waals surface area (Å²) in [6.45, 7) is 3.86. The molecule has 0 aliphatic rings. The second-order valence-electron chi connectivity index (χ2n) is 4.59. The molecule has 18 heavy (non-hydrogen) atoms. The lowest BCUT2D eigenvalue weighted by Gasteiger charge is -2.24. The van der Waals surface area contributed by atoms with Crippen molar-refractivity contribution in [1.29, 1.82) is 0 Å². The first-order valence-corrected chi connectivity index (χ1v) is 7.42. The topological polar surface area (TPSA) is 72.2 Å². The molecule has 0 heterocycles. The van der Waals surface area contributed by atoms with Gasteiger partial charge < -0.3 is 11.1 Å². The third-order valence-corrected chi connectivity index (χ3v) is 4.26. The number of benzene rings is 1. The van der Waals surface area contributed by atoms with Crippen LogP contribution in [-0.4, -0.2) is 28.2 Å². The van der Waals surface area contributed by atoms with Crippen molar-refractivity contribution in [2.24, 2.45) is 5.73 Å². The summed E-state index contributed by atoms with van der Waals surface area (Å²) in [4.78, 5) is 12.1. The van der Waals surface area contributed by atoms with Crippen LogP contribution in [0, 0.1) is 0 Å². The molecule has 0 bridgehead atoms. The van der Waals surface area contributed by atoms with Gasteiger partial charge in [0.05, 0.1) is 0 Å². The van der Waals surface area contributed by atoms with Crippen molar-refractivity contribution >= 4 is 16.7 Å². The number of carbonyl (C=O) groups excluding carboxylic acids is 1. The van der Waals surface area contributed by atoms with E-state index >= 15 is 0 Å². The third kappa shape index (κ3) is 3.65. The van der Waals surface area contributed by atoms with Crippen LogP contribution in [0.1, 0.15) is 19.4 Å². The Morgan fingerprint density at radius 2 is 2.00 bits per heavy atom. The fraction of sp³-hybridized carbons (Fsp3) is 0.462. The third-order valence-electron chi connectivity index (χ3n) is 2.96. The zero-order valence-electron chi connectivity index (χ0n) is 11.0. The molecule has 0 saturated heterocycles. The molecule has 4 nitrogen and oxygen atoms in total. The van der Waals surface area contributed by atoms with E-state index in [0.29, 0.717) is 6.54 Å². The minimum atomic E-state index is -1.07. The molecule has 3 atom stereocenters. The number of amides is 1. The monoisotopic (exact) mass is 268 g/mol. The molecular formula is C13H20N2O2S. The second kappa shape index (κ2) is 6.11. The summed E-state index contributed by atoms with van der Waals surface area (Å²) < 4.78 is 11.2. The van der Waals surface area contributed by atoms with Crippen molar-refractivity contribution in [2.75, 3.05) is 12.8 Å². The highest BCUT2D eigenvalue weighted by Crippen LogP contribution is 2.17. The maximum Gasteiger partial charge on any atom is 0.244 e. The number of hydrogen-bond acceptors (Lipinski definition) is 3. The first kappa shape index (κ1) is 14.9. The van der Waals surface area contributed by atoms with Crippen molar-refractivity contribution in [3.8, 4) is 0 Å². The van der Waals surface area contributed by atoms with E-state index in [2.05, 4.69) is 5.32 Å². The lowest BCUT2D eigenvalue weighted by Crippen LogP contribution is -2.50. The Balaban J connectivity index is 2.69. The van der Waals surface area contributed by atoms with E-state index in [0.717, 1.165) is 5.56 Å². The smallest absolute Gasteiger partial charge is 0.244 e. The molecule has 3 unspecified atom stereocenters. The van der Waals surface area contributed by atoms with E-state index in [1.165, 1.54) is 0 Å². The molecule has 0 aliphatic carbocycles. The number of rotatable bonds is 5. The number of carbonyl (C=O) groups is 1. The van der Waals surface area contributed by atoms with Crippen molar-refractivity contribution < 1.29 is 9.00 Å². The van der Waals surface area contributed by atoms with Crippen LogP contribution in [0.2, 0.25) is 0 Å². The normalized spacial score (nSPS) is 17.6. The first-order chi connectivity index (χ1) is 8.35. The molecule has 1 aromatic carbocycles. The predicted molar refractivity (Wildman–Crippen MR) is 74.5 cm³/mol. The molecule has 0 fully saturated rings. The summed E-state index contributed by atoms with van der Waals surface area (Å²) >= 11 is 0. The van der Waals surface area contributed by atoms with E-state index in [-0.39, 0.29) is 11.2 Å². The summed E-state index contributed by atoms with van der Waals surface area (Å²) in [6.07, 6.45) is 1.62. The average Bonchev–Trinajstić information content (AvgIpc) is 2.36. The summed E-state index contributed by atoms with van der Waals surface area (Å²) in [5, 5.41) is 2.66. The Bertz CT molecular complexity index is 432. The molecule has 0 aromatic heterocycles. The second-order valence-corrected chi connectivity index (χ2v) is 6.39. The maximum atomic E-state index is 12.1. The van der Waals surface area contributed by atoms with E-state index in [1.807, 2.05) is 37.3 Å². The molecule has 3 N–H and O–H groups in total. The number of hydrogen-bond donors (Lipinski definition) is 2. The molecule has 1 amide bonds. The molecule has 0 spiro atoms. The summed E-state index contributed by atoms with van der Waals surface area (Å²) in [5.74, 6) is -0.258. The van der Waals surface area contributed by atoms with E-state index in [4.69, 9.17) is 5.73 Å². The standard InChI is InChI=1S/C13H20N2O2S/c1-10(18(3)17)9-15-12(16)13(2,14)11-7-5-4-6-8-11/h4-8,10H,9,14H2,1-3H3,(H,15,16). The predicted octanol–water partition coefficient (Wildman–Crippen LogP) is 0.744. The van der Waals surface area contributed by atoms with Gasteiger partial charge in [-0.15, -0.1) is 0 Å². The van der Waals surface area contributed by atoms with Crippen LogP contribution in [0.4, 0.5) is 0 Å². The average molecular weight is 268 g/mol. The van der Waals surface area contributed by atoms with Gasteiger partial charge in [-0.25, -0.2) is 0 Å². The van der Waals surface area contributed by atoms with Gasteiger partial charge in [-0.1, -0.05) is 30.3 Å². The fourth-order valence-corrected chi connectivity index (χ4v) is 1.77. The van der Waals surface area contributed by atoms with Crippen LogP contribution in [-0.2, 0) is 21.1 Å².